The zero-order valence-electron chi connectivity index (χ0n) is 19.4. The number of hydrogen-bond donors (Lipinski definition) is 0. The third-order valence-corrected chi connectivity index (χ3v) is 6.39. The predicted molar refractivity (Wildman–Crippen MR) is 149 cm³/mol. The van der Waals surface area contributed by atoms with Crippen LogP contribution in [0.15, 0.2) is 133 Å². The summed E-state index contributed by atoms with van der Waals surface area (Å²) in [5, 5.41) is 4.12. The van der Waals surface area contributed by atoms with Crippen LogP contribution in [0.3, 0.4) is 0 Å². The summed E-state index contributed by atoms with van der Waals surface area (Å²) in [5.74, 6) is 0. The molecule has 0 aliphatic rings. The molecule has 0 spiro atoms. The lowest BCUT2D eigenvalue weighted by Gasteiger charge is -2.25. The van der Waals surface area contributed by atoms with Crippen molar-refractivity contribution >= 4 is 45.1 Å². The maximum atomic E-state index is 11.0. The molecule has 0 saturated heterocycles. The van der Waals surface area contributed by atoms with Gasteiger partial charge in [-0.3, -0.25) is 4.79 Å². The summed E-state index contributed by atoms with van der Waals surface area (Å²) in [4.78, 5) is 13.3. The Morgan fingerprint density at radius 2 is 1.06 bits per heavy atom. The number of benzene rings is 5. The molecule has 174 valence electrons. The first-order chi connectivity index (χ1) is 17.8. The third kappa shape index (κ3) is 5.06. The summed E-state index contributed by atoms with van der Waals surface area (Å²) in [6, 6.07) is 44.7. The van der Waals surface area contributed by atoms with Crippen LogP contribution in [0.4, 0.5) is 17.1 Å². The van der Waals surface area contributed by atoms with Crippen molar-refractivity contribution in [2.24, 2.45) is 0 Å². The van der Waals surface area contributed by atoms with Gasteiger partial charge in [0, 0.05) is 28.2 Å². The van der Waals surface area contributed by atoms with Gasteiger partial charge in [-0.1, -0.05) is 95.5 Å². The standard InChI is InChI=1S/C18H15N.C13H8N2OS/c1-4-10-16(11-5-1)19(17-12-6-2-7-13-17)18-14-8-3-9-15-18;16-8-9-4-1-2-5-10(9)11-6-3-7-12-13(11)14-15-17-12/h1-15H;1-8H. The molecule has 1 heterocycles. The number of rotatable bonds is 5. The van der Waals surface area contributed by atoms with Crippen LogP contribution < -0.4 is 4.90 Å². The molecule has 0 aliphatic carbocycles. The number of para-hydroxylation sites is 3. The Balaban J connectivity index is 0.000000149. The van der Waals surface area contributed by atoms with E-state index in [4.69, 9.17) is 0 Å². The molecule has 4 nitrogen and oxygen atoms in total. The number of aromatic nitrogens is 2. The fourth-order valence-electron chi connectivity index (χ4n) is 4.05. The number of carbonyl (C=O) groups is 1. The fourth-order valence-corrected chi connectivity index (χ4v) is 4.63. The normalized spacial score (nSPS) is 10.3. The molecule has 0 atom stereocenters. The van der Waals surface area contributed by atoms with Crippen LogP contribution in [0.2, 0.25) is 0 Å². The van der Waals surface area contributed by atoms with E-state index in [1.807, 2.05) is 54.6 Å². The average molecular weight is 486 g/mol. The predicted octanol–water partition coefficient (Wildman–Crippen LogP) is 8.33. The molecule has 0 unspecified atom stereocenters. The minimum absolute atomic E-state index is 0.674. The van der Waals surface area contributed by atoms with E-state index in [-0.39, 0.29) is 0 Å². The summed E-state index contributed by atoms with van der Waals surface area (Å²) in [6.45, 7) is 0. The second kappa shape index (κ2) is 11.2. The molecule has 0 saturated carbocycles. The quantitative estimate of drug-likeness (QED) is 0.230. The highest BCUT2D eigenvalue weighted by Gasteiger charge is 2.11. The number of aldehydes is 1. The minimum atomic E-state index is 0.674. The first kappa shape index (κ1) is 23.1. The number of nitrogens with zero attached hydrogens (tertiary/aromatic N) is 3. The van der Waals surface area contributed by atoms with Crippen molar-refractivity contribution in [2.45, 2.75) is 0 Å². The second-order valence-electron chi connectivity index (χ2n) is 7.97. The van der Waals surface area contributed by atoms with Crippen molar-refractivity contribution < 1.29 is 4.79 Å². The number of carbonyl (C=O) groups excluding carboxylic acids is 1. The Bertz CT molecular complexity index is 1460. The van der Waals surface area contributed by atoms with Crippen LogP contribution in [-0.2, 0) is 0 Å². The van der Waals surface area contributed by atoms with Gasteiger partial charge < -0.3 is 4.90 Å². The molecule has 0 N–H and O–H groups in total. The lowest BCUT2D eigenvalue weighted by Crippen LogP contribution is -2.09. The van der Waals surface area contributed by atoms with Crippen LogP contribution in [0.1, 0.15) is 10.4 Å². The van der Waals surface area contributed by atoms with Crippen molar-refractivity contribution in [3.05, 3.63) is 139 Å². The van der Waals surface area contributed by atoms with Gasteiger partial charge in [-0.2, -0.15) is 0 Å². The topological polar surface area (TPSA) is 46.1 Å². The van der Waals surface area contributed by atoms with Crippen molar-refractivity contribution in [1.29, 1.82) is 0 Å². The van der Waals surface area contributed by atoms with Crippen molar-refractivity contribution in [3.63, 3.8) is 0 Å². The second-order valence-corrected chi connectivity index (χ2v) is 8.76. The largest absolute Gasteiger partial charge is 0.311 e. The highest BCUT2D eigenvalue weighted by molar-refractivity contribution is 7.13. The number of hydrogen-bond acceptors (Lipinski definition) is 5. The molecule has 5 aromatic carbocycles. The van der Waals surface area contributed by atoms with Gasteiger partial charge in [-0.25, -0.2) is 0 Å². The van der Waals surface area contributed by atoms with E-state index in [0.29, 0.717) is 5.56 Å². The molecule has 0 fully saturated rings. The first-order valence-corrected chi connectivity index (χ1v) is 12.3. The van der Waals surface area contributed by atoms with Crippen LogP contribution in [0.25, 0.3) is 21.3 Å². The Morgan fingerprint density at radius 3 is 1.61 bits per heavy atom. The SMILES string of the molecule is O=Cc1ccccc1-c1cccc2snnc12.c1ccc(N(c2ccccc2)c2ccccc2)cc1. The van der Waals surface area contributed by atoms with Gasteiger partial charge in [0.15, 0.2) is 6.29 Å². The Morgan fingerprint density at radius 1 is 0.556 bits per heavy atom. The van der Waals surface area contributed by atoms with Gasteiger partial charge in [0.1, 0.15) is 5.52 Å². The molecule has 5 heteroatoms. The van der Waals surface area contributed by atoms with Gasteiger partial charge in [0.25, 0.3) is 0 Å². The first-order valence-electron chi connectivity index (χ1n) is 11.6. The third-order valence-electron chi connectivity index (χ3n) is 5.70. The van der Waals surface area contributed by atoms with E-state index in [2.05, 4.69) is 87.3 Å². The average Bonchev–Trinajstić information content (AvgIpc) is 3.45. The van der Waals surface area contributed by atoms with E-state index in [0.717, 1.165) is 27.6 Å². The van der Waals surface area contributed by atoms with Gasteiger partial charge in [-0.15, -0.1) is 5.10 Å². The molecule has 36 heavy (non-hydrogen) atoms. The monoisotopic (exact) mass is 485 g/mol. The van der Waals surface area contributed by atoms with Crippen LogP contribution in [-0.4, -0.2) is 15.9 Å². The van der Waals surface area contributed by atoms with Crippen LogP contribution in [0, 0.1) is 0 Å². The van der Waals surface area contributed by atoms with Gasteiger partial charge in [0.2, 0.25) is 0 Å². The summed E-state index contributed by atoms with van der Waals surface area (Å²) in [6.07, 6.45) is 0.869. The Hall–Kier alpha value is -4.61. The fraction of sp³-hybridized carbons (Fsp3) is 0. The van der Waals surface area contributed by atoms with E-state index < -0.39 is 0 Å². The summed E-state index contributed by atoms with van der Waals surface area (Å²) >= 11 is 1.36. The molecular formula is C31H23N3OS. The molecule has 0 bridgehead atoms. The van der Waals surface area contributed by atoms with Crippen molar-refractivity contribution in [2.75, 3.05) is 4.90 Å². The Labute approximate surface area is 214 Å². The lowest BCUT2D eigenvalue weighted by molar-refractivity contribution is 0.112. The zero-order chi connectivity index (χ0) is 24.6. The molecule has 1 aromatic heterocycles. The molecule has 0 amide bonds. The highest BCUT2D eigenvalue weighted by Crippen LogP contribution is 2.33. The summed E-state index contributed by atoms with van der Waals surface area (Å²) in [7, 11) is 0. The molecule has 0 radical (unpaired) electrons. The van der Waals surface area contributed by atoms with E-state index >= 15 is 0 Å². The number of fused-ring (bicyclic) bond motifs is 1. The van der Waals surface area contributed by atoms with E-state index in [1.54, 1.807) is 6.07 Å². The molecular weight excluding hydrogens is 462 g/mol. The maximum Gasteiger partial charge on any atom is 0.150 e. The molecule has 6 rings (SSSR count). The molecule has 6 aromatic rings. The van der Waals surface area contributed by atoms with Crippen molar-refractivity contribution in [1.82, 2.24) is 9.59 Å². The Kier molecular flexibility index (Phi) is 7.21. The maximum absolute atomic E-state index is 11.0. The van der Waals surface area contributed by atoms with E-state index in [9.17, 15) is 4.79 Å². The van der Waals surface area contributed by atoms with Gasteiger partial charge in [0.05, 0.1) is 4.70 Å². The smallest absolute Gasteiger partial charge is 0.150 e. The minimum Gasteiger partial charge on any atom is -0.311 e. The van der Waals surface area contributed by atoms with Crippen LogP contribution in [0.5, 0.6) is 0 Å². The van der Waals surface area contributed by atoms with Gasteiger partial charge in [-0.05, 0) is 59.6 Å². The summed E-state index contributed by atoms with van der Waals surface area (Å²) < 4.78 is 4.98. The van der Waals surface area contributed by atoms with Gasteiger partial charge >= 0.3 is 0 Å². The lowest BCUT2D eigenvalue weighted by atomic mass is 10.00. The highest BCUT2D eigenvalue weighted by atomic mass is 32.1. The number of anilines is 3. The van der Waals surface area contributed by atoms with E-state index in [1.165, 1.54) is 28.6 Å². The van der Waals surface area contributed by atoms with Crippen LogP contribution >= 0.6 is 11.5 Å². The van der Waals surface area contributed by atoms with Crippen molar-refractivity contribution in [3.8, 4) is 11.1 Å². The molecule has 0 aliphatic heterocycles. The summed E-state index contributed by atoms with van der Waals surface area (Å²) in [5.41, 5.74) is 6.89. The zero-order valence-corrected chi connectivity index (χ0v) is 20.3.